The lowest BCUT2D eigenvalue weighted by Gasteiger charge is -2.31. The van der Waals surface area contributed by atoms with Crippen LogP contribution in [0.3, 0.4) is 0 Å². The number of ketones is 1. The Bertz CT molecular complexity index is 1070. The molecule has 7 nitrogen and oxygen atoms in total. The molecular formula is C26H29NO6. The summed E-state index contributed by atoms with van der Waals surface area (Å²) in [5.41, 5.74) is 1.95. The number of hydrogen-bond donors (Lipinski definition) is 0. The van der Waals surface area contributed by atoms with Crippen LogP contribution in [0.2, 0.25) is 0 Å². The van der Waals surface area contributed by atoms with Crippen LogP contribution in [0.1, 0.15) is 46.0 Å². The SMILES string of the molecule is C/C=C/c1cc(C(=O)N2CCC(C(=O)c3ccc4c(c3)OCCO4)CC2)cc(OC)c1OC. The predicted octanol–water partition coefficient (Wildman–Crippen LogP) is 4.24. The second-order valence-corrected chi connectivity index (χ2v) is 8.09. The van der Waals surface area contributed by atoms with Crippen molar-refractivity contribution in [1.29, 1.82) is 0 Å². The normalized spacial score (nSPS) is 16.0. The van der Waals surface area contributed by atoms with Gasteiger partial charge in [-0.15, -0.1) is 0 Å². The summed E-state index contributed by atoms with van der Waals surface area (Å²) >= 11 is 0. The van der Waals surface area contributed by atoms with Gasteiger partial charge in [0.15, 0.2) is 28.8 Å². The van der Waals surface area contributed by atoms with Gasteiger partial charge in [0.05, 0.1) is 14.2 Å². The lowest BCUT2D eigenvalue weighted by molar-refractivity contribution is 0.0650. The van der Waals surface area contributed by atoms with Gasteiger partial charge in [0.25, 0.3) is 5.91 Å². The van der Waals surface area contributed by atoms with Crippen LogP contribution < -0.4 is 18.9 Å². The average molecular weight is 452 g/mol. The number of carbonyl (C=O) groups excluding carboxylic acids is 2. The van der Waals surface area contributed by atoms with Crippen LogP contribution >= 0.6 is 0 Å². The van der Waals surface area contributed by atoms with Crippen molar-refractivity contribution in [3.63, 3.8) is 0 Å². The number of likely N-dealkylation sites (tertiary alicyclic amines) is 1. The standard InChI is InChI=1S/C26H29NO6/c1-4-5-19-14-20(16-23(30-2)25(19)31-3)26(29)27-10-8-17(9-11-27)24(28)18-6-7-21-22(15-18)33-13-12-32-21/h4-7,14-17H,8-13H2,1-3H3/b5-4+. The van der Waals surface area contributed by atoms with Crippen LogP contribution in [0.5, 0.6) is 23.0 Å². The Labute approximate surface area is 193 Å². The number of benzene rings is 2. The Balaban J connectivity index is 1.45. The first-order valence-corrected chi connectivity index (χ1v) is 11.2. The lowest BCUT2D eigenvalue weighted by atomic mass is 9.88. The zero-order chi connectivity index (χ0) is 23.4. The van der Waals surface area contributed by atoms with E-state index in [4.69, 9.17) is 18.9 Å². The molecule has 1 fully saturated rings. The fourth-order valence-corrected chi connectivity index (χ4v) is 4.38. The maximum absolute atomic E-state index is 13.2. The molecule has 1 amide bonds. The van der Waals surface area contributed by atoms with Crippen molar-refractivity contribution in [2.24, 2.45) is 5.92 Å². The topological polar surface area (TPSA) is 74.3 Å². The summed E-state index contributed by atoms with van der Waals surface area (Å²) in [6.45, 7) is 3.95. The van der Waals surface area contributed by atoms with E-state index in [0.717, 1.165) is 5.56 Å². The molecule has 2 aromatic carbocycles. The molecule has 0 bridgehead atoms. The average Bonchev–Trinajstić information content (AvgIpc) is 2.87. The van der Waals surface area contributed by atoms with E-state index >= 15 is 0 Å². The highest BCUT2D eigenvalue weighted by Crippen LogP contribution is 2.35. The van der Waals surface area contributed by atoms with Crippen molar-refractivity contribution >= 4 is 17.8 Å². The van der Waals surface area contributed by atoms with Crippen molar-refractivity contribution in [2.75, 3.05) is 40.5 Å². The fourth-order valence-electron chi connectivity index (χ4n) is 4.38. The van der Waals surface area contributed by atoms with Crippen molar-refractivity contribution < 1.29 is 28.5 Å². The van der Waals surface area contributed by atoms with Gasteiger partial charge in [-0.05, 0) is 50.1 Å². The Morgan fingerprint density at radius 2 is 1.70 bits per heavy atom. The molecule has 4 rings (SSSR count). The zero-order valence-electron chi connectivity index (χ0n) is 19.3. The molecule has 2 aliphatic heterocycles. The third kappa shape index (κ3) is 4.67. The molecule has 174 valence electrons. The van der Waals surface area contributed by atoms with E-state index in [0.29, 0.717) is 73.3 Å². The van der Waals surface area contributed by atoms with Crippen molar-refractivity contribution in [3.8, 4) is 23.0 Å². The van der Waals surface area contributed by atoms with E-state index in [-0.39, 0.29) is 17.6 Å². The van der Waals surface area contributed by atoms with E-state index in [1.807, 2.05) is 25.1 Å². The maximum atomic E-state index is 13.2. The highest BCUT2D eigenvalue weighted by Gasteiger charge is 2.30. The second-order valence-electron chi connectivity index (χ2n) is 8.09. The van der Waals surface area contributed by atoms with Gasteiger partial charge in [-0.1, -0.05) is 12.2 Å². The number of amides is 1. The van der Waals surface area contributed by atoms with E-state index in [2.05, 4.69) is 0 Å². The minimum atomic E-state index is -0.124. The van der Waals surface area contributed by atoms with Crippen LogP contribution in [-0.4, -0.2) is 57.1 Å². The number of ether oxygens (including phenoxy) is 4. The van der Waals surface area contributed by atoms with Crippen molar-refractivity contribution in [1.82, 2.24) is 4.90 Å². The third-order valence-electron chi connectivity index (χ3n) is 6.08. The van der Waals surface area contributed by atoms with Gasteiger partial charge in [-0.25, -0.2) is 0 Å². The summed E-state index contributed by atoms with van der Waals surface area (Å²) in [5.74, 6) is 2.28. The van der Waals surface area contributed by atoms with E-state index in [1.165, 1.54) is 0 Å². The van der Waals surface area contributed by atoms with E-state index in [9.17, 15) is 9.59 Å². The van der Waals surface area contributed by atoms with E-state index < -0.39 is 0 Å². The minimum Gasteiger partial charge on any atom is -0.493 e. The molecular weight excluding hydrogens is 422 g/mol. The van der Waals surface area contributed by atoms with Crippen LogP contribution in [0, 0.1) is 5.92 Å². The molecule has 0 spiro atoms. The molecule has 0 radical (unpaired) electrons. The number of rotatable bonds is 6. The van der Waals surface area contributed by atoms with Crippen LogP contribution in [0.15, 0.2) is 36.4 Å². The molecule has 2 heterocycles. The summed E-state index contributed by atoms with van der Waals surface area (Å²) in [6, 6.07) is 8.87. The number of nitrogens with zero attached hydrogens (tertiary/aromatic N) is 1. The summed E-state index contributed by atoms with van der Waals surface area (Å²) in [6.07, 6.45) is 5.01. The predicted molar refractivity (Wildman–Crippen MR) is 125 cm³/mol. The van der Waals surface area contributed by atoms with Gasteiger partial charge in [-0.2, -0.15) is 0 Å². The number of allylic oxidation sites excluding steroid dienone is 1. The highest BCUT2D eigenvalue weighted by molar-refractivity contribution is 5.99. The molecule has 7 heteroatoms. The smallest absolute Gasteiger partial charge is 0.254 e. The van der Waals surface area contributed by atoms with Crippen molar-refractivity contribution in [3.05, 3.63) is 53.1 Å². The maximum Gasteiger partial charge on any atom is 0.254 e. The number of methoxy groups -OCH3 is 2. The number of fused-ring (bicyclic) bond motifs is 1. The number of piperidine rings is 1. The summed E-state index contributed by atoms with van der Waals surface area (Å²) in [7, 11) is 3.14. The Morgan fingerprint density at radius 3 is 2.36 bits per heavy atom. The lowest BCUT2D eigenvalue weighted by Crippen LogP contribution is -2.40. The number of hydrogen-bond acceptors (Lipinski definition) is 6. The summed E-state index contributed by atoms with van der Waals surface area (Å²) in [4.78, 5) is 28.1. The van der Waals surface area contributed by atoms with Gasteiger partial charge in [-0.3, -0.25) is 9.59 Å². The van der Waals surface area contributed by atoms with Crippen molar-refractivity contribution in [2.45, 2.75) is 19.8 Å². The number of Topliss-reactive ketones (excluding diaryl/α,β-unsaturated/α-hetero) is 1. The van der Waals surface area contributed by atoms with Gasteiger partial charge in [0.1, 0.15) is 13.2 Å². The molecule has 0 aliphatic carbocycles. The molecule has 2 aromatic rings. The Hall–Kier alpha value is -3.48. The van der Waals surface area contributed by atoms with Gasteiger partial charge < -0.3 is 23.8 Å². The monoisotopic (exact) mass is 451 g/mol. The van der Waals surface area contributed by atoms with Gasteiger partial charge >= 0.3 is 0 Å². The minimum absolute atomic E-state index is 0.0769. The zero-order valence-corrected chi connectivity index (χ0v) is 19.3. The van der Waals surface area contributed by atoms with Crippen LogP contribution in [0.4, 0.5) is 0 Å². The highest BCUT2D eigenvalue weighted by atomic mass is 16.6. The molecule has 0 aromatic heterocycles. The summed E-state index contributed by atoms with van der Waals surface area (Å²) in [5, 5.41) is 0. The molecule has 1 saturated heterocycles. The molecule has 0 saturated carbocycles. The Morgan fingerprint density at radius 1 is 0.970 bits per heavy atom. The third-order valence-corrected chi connectivity index (χ3v) is 6.08. The first-order valence-electron chi connectivity index (χ1n) is 11.2. The first-order chi connectivity index (χ1) is 16.0. The van der Waals surface area contributed by atoms with Crippen LogP contribution in [0.25, 0.3) is 6.08 Å². The van der Waals surface area contributed by atoms with E-state index in [1.54, 1.807) is 43.4 Å². The molecule has 0 atom stereocenters. The van der Waals surface area contributed by atoms with Gasteiger partial charge in [0, 0.05) is 35.7 Å². The summed E-state index contributed by atoms with van der Waals surface area (Å²) < 4.78 is 22.1. The quantitative estimate of drug-likeness (QED) is 0.612. The second kappa shape index (κ2) is 9.98. The number of carbonyl (C=O) groups is 2. The van der Waals surface area contributed by atoms with Crippen LogP contribution in [-0.2, 0) is 0 Å². The molecule has 0 N–H and O–H groups in total. The fraction of sp³-hybridized carbons (Fsp3) is 0.385. The molecule has 0 unspecified atom stereocenters. The largest absolute Gasteiger partial charge is 0.493 e. The molecule has 2 aliphatic rings. The first kappa shape index (κ1) is 22.7. The van der Waals surface area contributed by atoms with Gasteiger partial charge in [0.2, 0.25) is 0 Å². The Kier molecular flexibility index (Phi) is 6.87. The molecule has 33 heavy (non-hydrogen) atoms.